The van der Waals surface area contributed by atoms with Crippen molar-refractivity contribution in [2.45, 2.75) is 26.3 Å². The lowest BCUT2D eigenvalue weighted by Gasteiger charge is -2.13. The molecule has 0 bridgehead atoms. The normalized spacial score (nSPS) is 13.2. The van der Waals surface area contributed by atoms with Gasteiger partial charge in [0.15, 0.2) is 0 Å². The van der Waals surface area contributed by atoms with Crippen LogP contribution in [0.2, 0.25) is 0 Å². The second-order valence-electron chi connectivity index (χ2n) is 4.66. The summed E-state index contributed by atoms with van der Waals surface area (Å²) in [7, 11) is 0. The number of hydrogen-bond donors (Lipinski definition) is 1. The van der Waals surface area contributed by atoms with E-state index in [0.717, 1.165) is 17.6 Å². The molecule has 0 aliphatic heterocycles. The Balaban J connectivity index is 2.32. The Kier molecular flexibility index (Phi) is 3.20. The zero-order valence-electron chi connectivity index (χ0n) is 9.85. The molecule has 0 radical (unpaired) electrons. The van der Waals surface area contributed by atoms with Crippen molar-refractivity contribution in [3.8, 4) is 0 Å². The summed E-state index contributed by atoms with van der Waals surface area (Å²) in [6.45, 7) is 4.36. The Morgan fingerprint density at radius 3 is 2.62 bits per heavy atom. The van der Waals surface area contributed by atoms with Gasteiger partial charge in [0.1, 0.15) is 0 Å². The van der Waals surface area contributed by atoms with Crippen LogP contribution in [0.5, 0.6) is 0 Å². The molecule has 2 rings (SSSR count). The molecule has 0 spiro atoms. The van der Waals surface area contributed by atoms with Gasteiger partial charge in [-0.25, -0.2) is 0 Å². The molecule has 2 heteroatoms. The molecule has 0 aliphatic carbocycles. The Labute approximate surface area is 96.5 Å². The SMILES string of the molecule is CC(C)CC(N)c1ccc2ccccc2n1. The molecule has 0 amide bonds. The zero-order chi connectivity index (χ0) is 11.5. The van der Waals surface area contributed by atoms with Crippen molar-refractivity contribution in [3.63, 3.8) is 0 Å². The van der Waals surface area contributed by atoms with E-state index < -0.39 is 0 Å². The third-order valence-electron chi connectivity index (χ3n) is 2.73. The Bertz CT molecular complexity index is 477. The third-order valence-corrected chi connectivity index (χ3v) is 2.73. The highest BCUT2D eigenvalue weighted by Gasteiger charge is 2.09. The summed E-state index contributed by atoms with van der Waals surface area (Å²) in [5.41, 5.74) is 8.14. The average Bonchev–Trinajstić information content (AvgIpc) is 2.27. The molecule has 84 valence electrons. The van der Waals surface area contributed by atoms with Gasteiger partial charge in [-0.2, -0.15) is 0 Å². The van der Waals surface area contributed by atoms with E-state index in [1.807, 2.05) is 24.3 Å². The average molecular weight is 214 g/mol. The molecule has 2 aromatic rings. The predicted molar refractivity (Wildman–Crippen MR) is 68.1 cm³/mol. The number of pyridine rings is 1. The molecular weight excluding hydrogens is 196 g/mol. The second-order valence-corrected chi connectivity index (χ2v) is 4.66. The summed E-state index contributed by atoms with van der Waals surface area (Å²) in [5, 5.41) is 1.17. The first-order valence-electron chi connectivity index (χ1n) is 5.78. The topological polar surface area (TPSA) is 38.9 Å². The molecule has 1 heterocycles. The quantitative estimate of drug-likeness (QED) is 0.851. The first kappa shape index (κ1) is 11.1. The third kappa shape index (κ3) is 2.39. The number of nitrogens with zero attached hydrogens (tertiary/aromatic N) is 1. The number of rotatable bonds is 3. The van der Waals surface area contributed by atoms with Crippen LogP contribution in [0, 0.1) is 5.92 Å². The largest absolute Gasteiger partial charge is 0.323 e. The first-order valence-corrected chi connectivity index (χ1v) is 5.78. The van der Waals surface area contributed by atoms with E-state index in [2.05, 4.69) is 31.0 Å². The Morgan fingerprint density at radius 2 is 1.88 bits per heavy atom. The molecule has 1 aromatic carbocycles. The lowest BCUT2D eigenvalue weighted by molar-refractivity contribution is 0.503. The summed E-state index contributed by atoms with van der Waals surface area (Å²) in [6, 6.07) is 12.3. The molecule has 2 nitrogen and oxygen atoms in total. The minimum atomic E-state index is 0.0459. The van der Waals surface area contributed by atoms with Crippen molar-refractivity contribution in [3.05, 3.63) is 42.1 Å². The number of para-hydroxylation sites is 1. The van der Waals surface area contributed by atoms with E-state index >= 15 is 0 Å². The molecular formula is C14H18N2. The fraction of sp³-hybridized carbons (Fsp3) is 0.357. The summed E-state index contributed by atoms with van der Waals surface area (Å²) in [6.07, 6.45) is 0.978. The van der Waals surface area contributed by atoms with Crippen molar-refractivity contribution in [1.29, 1.82) is 0 Å². The van der Waals surface area contributed by atoms with Gasteiger partial charge in [-0.3, -0.25) is 4.98 Å². The van der Waals surface area contributed by atoms with Crippen molar-refractivity contribution in [1.82, 2.24) is 4.98 Å². The monoisotopic (exact) mass is 214 g/mol. The lowest BCUT2D eigenvalue weighted by Crippen LogP contribution is -2.14. The molecule has 16 heavy (non-hydrogen) atoms. The fourth-order valence-electron chi connectivity index (χ4n) is 1.92. The van der Waals surface area contributed by atoms with E-state index in [1.54, 1.807) is 0 Å². The van der Waals surface area contributed by atoms with Gasteiger partial charge in [0.2, 0.25) is 0 Å². The highest BCUT2D eigenvalue weighted by atomic mass is 14.8. The highest BCUT2D eigenvalue weighted by Crippen LogP contribution is 2.19. The van der Waals surface area contributed by atoms with Gasteiger partial charge in [-0.05, 0) is 24.5 Å². The van der Waals surface area contributed by atoms with Gasteiger partial charge in [0.05, 0.1) is 11.2 Å². The Morgan fingerprint density at radius 1 is 1.12 bits per heavy atom. The van der Waals surface area contributed by atoms with Crippen molar-refractivity contribution in [2.75, 3.05) is 0 Å². The number of fused-ring (bicyclic) bond motifs is 1. The van der Waals surface area contributed by atoms with Gasteiger partial charge in [-0.15, -0.1) is 0 Å². The van der Waals surface area contributed by atoms with Crippen LogP contribution in [0.1, 0.15) is 32.0 Å². The van der Waals surface area contributed by atoms with Crippen molar-refractivity contribution in [2.24, 2.45) is 11.7 Å². The van der Waals surface area contributed by atoms with Crippen molar-refractivity contribution >= 4 is 10.9 Å². The van der Waals surface area contributed by atoms with E-state index in [4.69, 9.17) is 5.73 Å². The summed E-state index contributed by atoms with van der Waals surface area (Å²) < 4.78 is 0. The molecule has 1 unspecified atom stereocenters. The highest BCUT2D eigenvalue weighted by molar-refractivity contribution is 5.78. The smallest absolute Gasteiger partial charge is 0.0706 e. The first-order chi connectivity index (χ1) is 7.66. The molecule has 1 aromatic heterocycles. The summed E-state index contributed by atoms with van der Waals surface area (Å²) in [5.74, 6) is 0.600. The van der Waals surface area contributed by atoms with Gasteiger partial charge >= 0.3 is 0 Å². The molecule has 0 aliphatic rings. The van der Waals surface area contributed by atoms with Crippen LogP contribution in [0.3, 0.4) is 0 Å². The minimum absolute atomic E-state index is 0.0459. The van der Waals surface area contributed by atoms with Crippen LogP contribution in [0.15, 0.2) is 36.4 Å². The molecule has 1 atom stereocenters. The van der Waals surface area contributed by atoms with Crippen LogP contribution in [-0.4, -0.2) is 4.98 Å². The maximum absolute atomic E-state index is 6.12. The maximum atomic E-state index is 6.12. The summed E-state index contributed by atoms with van der Waals surface area (Å²) >= 11 is 0. The number of hydrogen-bond acceptors (Lipinski definition) is 2. The Hall–Kier alpha value is -1.41. The van der Waals surface area contributed by atoms with E-state index in [0.29, 0.717) is 5.92 Å². The van der Waals surface area contributed by atoms with Gasteiger partial charge in [0.25, 0.3) is 0 Å². The van der Waals surface area contributed by atoms with E-state index in [1.165, 1.54) is 5.39 Å². The van der Waals surface area contributed by atoms with Gasteiger partial charge < -0.3 is 5.73 Å². The van der Waals surface area contributed by atoms with Crippen molar-refractivity contribution < 1.29 is 0 Å². The molecule has 2 N–H and O–H groups in total. The second kappa shape index (κ2) is 4.62. The van der Waals surface area contributed by atoms with Gasteiger partial charge in [-0.1, -0.05) is 38.1 Å². The summed E-state index contributed by atoms with van der Waals surface area (Å²) in [4.78, 5) is 4.60. The predicted octanol–water partition coefficient (Wildman–Crippen LogP) is 3.28. The molecule has 0 saturated heterocycles. The van der Waals surface area contributed by atoms with Crippen LogP contribution in [0.4, 0.5) is 0 Å². The van der Waals surface area contributed by atoms with Crippen LogP contribution < -0.4 is 5.73 Å². The maximum Gasteiger partial charge on any atom is 0.0706 e. The lowest BCUT2D eigenvalue weighted by atomic mass is 10.0. The minimum Gasteiger partial charge on any atom is -0.323 e. The van der Waals surface area contributed by atoms with Crippen LogP contribution in [-0.2, 0) is 0 Å². The number of aromatic nitrogens is 1. The van der Waals surface area contributed by atoms with E-state index in [-0.39, 0.29) is 6.04 Å². The number of nitrogens with two attached hydrogens (primary N) is 1. The standard InChI is InChI=1S/C14H18N2/c1-10(2)9-12(15)14-8-7-11-5-3-4-6-13(11)16-14/h3-8,10,12H,9,15H2,1-2H3. The van der Waals surface area contributed by atoms with Crippen LogP contribution >= 0.6 is 0 Å². The van der Waals surface area contributed by atoms with E-state index in [9.17, 15) is 0 Å². The molecule has 0 saturated carbocycles. The number of benzene rings is 1. The fourth-order valence-corrected chi connectivity index (χ4v) is 1.92. The zero-order valence-corrected chi connectivity index (χ0v) is 9.85. The van der Waals surface area contributed by atoms with Crippen LogP contribution in [0.25, 0.3) is 10.9 Å². The molecule has 0 fully saturated rings. The van der Waals surface area contributed by atoms with Gasteiger partial charge in [0, 0.05) is 11.4 Å².